The van der Waals surface area contributed by atoms with E-state index < -0.39 is 29.0 Å². The molecule has 2 aromatic carbocycles. The highest BCUT2D eigenvalue weighted by Gasteiger charge is 2.13. The van der Waals surface area contributed by atoms with Gasteiger partial charge in [-0.3, -0.25) is 0 Å². The average Bonchev–Trinajstić information content (AvgIpc) is 2.28. The first-order chi connectivity index (χ1) is 8.47. The molecule has 0 fully saturated rings. The van der Waals surface area contributed by atoms with Crippen molar-refractivity contribution in [1.82, 2.24) is 0 Å². The topological polar surface area (TPSA) is 9.23 Å². The molecule has 0 saturated carbocycles. The van der Waals surface area contributed by atoms with Crippen molar-refractivity contribution in [2.24, 2.45) is 0 Å². The van der Waals surface area contributed by atoms with Crippen molar-refractivity contribution in [2.75, 3.05) is 0 Å². The van der Waals surface area contributed by atoms with E-state index in [4.69, 9.17) is 4.74 Å². The molecule has 0 heterocycles. The van der Waals surface area contributed by atoms with Gasteiger partial charge in [-0.05, 0) is 36.8 Å². The van der Waals surface area contributed by atoms with Crippen molar-refractivity contribution in [1.29, 1.82) is 0 Å². The van der Waals surface area contributed by atoms with Crippen LogP contribution in [0.4, 0.5) is 17.6 Å². The molecule has 0 aromatic heterocycles. The third-order valence-corrected chi connectivity index (χ3v) is 2.25. The van der Waals surface area contributed by atoms with Crippen LogP contribution in [0.15, 0.2) is 30.3 Å². The fourth-order valence-electron chi connectivity index (χ4n) is 1.44. The summed E-state index contributed by atoms with van der Waals surface area (Å²) in [6, 6.07) is 4.77. The van der Waals surface area contributed by atoms with Crippen LogP contribution in [0, 0.1) is 30.2 Å². The van der Waals surface area contributed by atoms with E-state index in [1.54, 1.807) is 0 Å². The number of rotatable bonds is 2. The summed E-state index contributed by atoms with van der Waals surface area (Å²) in [7, 11) is 0. The molecule has 18 heavy (non-hydrogen) atoms. The first-order valence-electron chi connectivity index (χ1n) is 5.06. The number of hydrogen-bond donors (Lipinski definition) is 0. The summed E-state index contributed by atoms with van der Waals surface area (Å²) in [4.78, 5) is 0. The Morgan fingerprint density at radius 3 is 1.94 bits per heavy atom. The molecular weight excluding hydrogens is 248 g/mol. The minimum Gasteiger partial charge on any atom is -0.451 e. The van der Waals surface area contributed by atoms with Gasteiger partial charge in [-0.2, -0.15) is 0 Å². The zero-order valence-electron chi connectivity index (χ0n) is 9.31. The first-order valence-corrected chi connectivity index (χ1v) is 5.06. The monoisotopic (exact) mass is 256 g/mol. The van der Waals surface area contributed by atoms with Crippen LogP contribution < -0.4 is 4.74 Å². The summed E-state index contributed by atoms with van der Waals surface area (Å²) < 4.78 is 57.3. The van der Waals surface area contributed by atoms with Crippen molar-refractivity contribution >= 4 is 0 Å². The number of halogens is 4. The minimum absolute atomic E-state index is 0.185. The maximum Gasteiger partial charge on any atom is 0.198 e. The normalized spacial score (nSPS) is 10.5. The van der Waals surface area contributed by atoms with Gasteiger partial charge < -0.3 is 4.74 Å². The number of aryl methyl sites for hydroxylation is 1. The Labute approximate surface area is 101 Å². The fraction of sp³-hybridized carbons (Fsp3) is 0.0769. The Hall–Kier alpha value is -2.04. The molecule has 5 heteroatoms. The second kappa shape index (κ2) is 4.68. The van der Waals surface area contributed by atoms with E-state index in [2.05, 4.69) is 0 Å². The molecular formula is C13H8F4O. The van der Waals surface area contributed by atoms with Crippen LogP contribution in [-0.2, 0) is 0 Å². The molecule has 0 spiro atoms. The summed E-state index contributed by atoms with van der Waals surface area (Å²) in [5, 5.41) is 0. The maximum atomic E-state index is 13.4. The van der Waals surface area contributed by atoms with E-state index in [0.29, 0.717) is 11.6 Å². The third-order valence-electron chi connectivity index (χ3n) is 2.25. The molecule has 0 saturated heterocycles. The van der Waals surface area contributed by atoms with Crippen LogP contribution in [-0.4, -0.2) is 0 Å². The standard InChI is InChI=1S/C13H8F4O/c1-7-4-11(16)13(12(17)5-7)18-8-2-3-9(14)10(15)6-8/h2-6H,1H3. The average molecular weight is 256 g/mol. The van der Waals surface area contributed by atoms with Gasteiger partial charge in [-0.25, -0.2) is 17.6 Å². The van der Waals surface area contributed by atoms with Crippen molar-refractivity contribution < 1.29 is 22.3 Å². The van der Waals surface area contributed by atoms with Crippen LogP contribution in [0.3, 0.4) is 0 Å². The van der Waals surface area contributed by atoms with Crippen LogP contribution in [0.1, 0.15) is 5.56 Å². The molecule has 0 radical (unpaired) electrons. The van der Waals surface area contributed by atoms with Crippen molar-refractivity contribution in [3.8, 4) is 11.5 Å². The van der Waals surface area contributed by atoms with Crippen LogP contribution in [0.5, 0.6) is 11.5 Å². The van der Waals surface area contributed by atoms with Crippen LogP contribution in [0.2, 0.25) is 0 Å². The lowest BCUT2D eigenvalue weighted by molar-refractivity contribution is 0.401. The van der Waals surface area contributed by atoms with Gasteiger partial charge in [0.25, 0.3) is 0 Å². The minimum atomic E-state index is -1.15. The zero-order chi connectivity index (χ0) is 13.3. The molecule has 0 aliphatic heterocycles. The summed E-state index contributed by atoms with van der Waals surface area (Å²) in [6.07, 6.45) is 0. The Morgan fingerprint density at radius 2 is 1.39 bits per heavy atom. The van der Waals surface area contributed by atoms with Crippen molar-refractivity contribution in [3.63, 3.8) is 0 Å². The molecule has 0 amide bonds. The van der Waals surface area contributed by atoms with Crippen molar-refractivity contribution in [2.45, 2.75) is 6.92 Å². The molecule has 0 bridgehead atoms. The molecule has 0 atom stereocenters. The number of benzene rings is 2. The molecule has 2 rings (SSSR count). The highest BCUT2D eigenvalue weighted by molar-refractivity contribution is 5.35. The van der Waals surface area contributed by atoms with Gasteiger partial charge >= 0.3 is 0 Å². The molecule has 0 aliphatic carbocycles. The summed E-state index contributed by atoms with van der Waals surface area (Å²) in [5.41, 5.74) is 0.391. The van der Waals surface area contributed by atoms with Gasteiger partial charge in [-0.15, -0.1) is 0 Å². The number of ether oxygens (including phenoxy) is 1. The fourth-order valence-corrected chi connectivity index (χ4v) is 1.44. The lowest BCUT2D eigenvalue weighted by Gasteiger charge is -2.08. The van der Waals surface area contributed by atoms with E-state index in [-0.39, 0.29) is 5.75 Å². The lowest BCUT2D eigenvalue weighted by atomic mass is 10.2. The third kappa shape index (κ3) is 2.45. The molecule has 0 N–H and O–H groups in total. The van der Waals surface area contributed by atoms with E-state index in [0.717, 1.165) is 24.3 Å². The van der Waals surface area contributed by atoms with Crippen molar-refractivity contribution in [3.05, 3.63) is 59.2 Å². The summed E-state index contributed by atoms with van der Waals surface area (Å²) >= 11 is 0. The van der Waals surface area contributed by atoms with E-state index in [1.807, 2.05) is 0 Å². The van der Waals surface area contributed by atoms with E-state index in [1.165, 1.54) is 6.92 Å². The molecule has 2 aromatic rings. The highest BCUT2D eigenvalue weighted by Crippen LogP contribution is 2.29. The largest absolute Gasteiger partial charge is 0.451 e. The molecule has 94 valence electrons. The first kappa shape index (κ1) is 12.4. The van der Waals surface area contributed by atoms with Gasteiger partial charge in [0.05, 0.1) is 0 Å². The van der Waals surface area contributed by atoms with Gasteiger partial charge in [-0.1, -0.05) is 0 Å². The molecule has 0 aliphatic rings. The van der Waals surface area contributed by atoms with E-state index in [9.17, 15) is 17.6 Å². The Balaban J connectivity index is 2.37. The second-order valence-corrected chi connectivity index (χ2v) is 3.74. The SMILES string of the molecule is Cc1cc(F)c(Oc2ccc(F)c(F)c2)c(F)c1. The molecule has 0 unspecified atom stereocenters. The second-order valence-electron chi connectivity index (χ2n) is 3.74. The van der Waals surface area contributed by atoms with Crippen LogP contribution >= 0.6 is 0 Å². The predicted octanol–water partition coefficient (Wildman–Crippen LogP) is 4.34. The highest BCUT2D eigenvalue weighted by atomic mass is 19.2. The van der Waals surface area contributed by atoms with Gasteiger partial charge in [0, 0.05) is 6.07 Å². The van der Waals surface area contributed by atoms with Gasteiger partial charge in [0.15, 0.2) is 29.0 Å². The number of hydrogen-bond acceptors (Lipinski definition) is 1. The van der Waals surface area contributed by atoms with Gasteiger partial charge in [0.2, 0.25) is 0 Å². The van der Waals surface area contributed by atoms with Gasteiger partial charge in [0.1, 0.15) is 5.75 Å². The summed E-state index contributed by atoms with van der Waals surface area (Å²) in [6.45, 7) is 1.52. The Kier molecular flexibility index (Phi) is 3.23. The molecule has 1 nitrogen and oxygen atoms in total. The predicted molar refractivity (Wildman–Crippen MR) is 57.5 cm³/mol. The Morgan fingerprint density at radius 1 is 0.778 bits per heavy atom. The Bertz CT molecular complexity index is 573. The summed E-state index contributed by atoms with van der Waals surface area (Å²) in [5.74, 6) is -4.86. The van der Waals surface area contributed by atoms with E-state index >= 15 is 0 Å². The smallest absolute Gasteiger partial charge is 0.198 e. The quantitative estimate of drug-likeness (QED) is 0.726. The lowest BCUT2D eigenvalue weighted by Crippen LogP contribution is -1.95. The van der Waals surface area contributed by atoms with Crippen LogP contribution in [0.25, 0.3) is 0 Å². The maximum absolute atomic E-state index is 13.4. The zero-order valence-corrected chi connectivity index (χ0v) is 9.31.